The predicted molar refractivity (Wildman–Crippen MR) is 233 cm³/mol. The maximum atomic E-state index is 12.6. The fourth-order valence-corrected chi connectivity index (χ4v) is 5.96. The summed E-state index contributed by atoms with van der Waals surface area (Å²) in [5, 5.41) is 18.3. The molecule has 0 aromatic rings. The quantitative estimate of drug-likeness (QED) is 0.0237. The number of carbonyl (C=O) groups excluding carboxylic acids is 2. The summed E-state index contributed by atoms with van der Waals surface area (Å²) in [6, 6.07) is 0. The van der Waals surface area contributed by atoms with Crippen molar-refractivity contribution in [3.63, 3.8) is 0 Å². The lowest BCUT2D eigenvalue weighted by atomic mass is 10.1. The molecule has 57 heavy (non-hydrogen) atoms. The van der Waals surface area contributed by atoms with E-state index in [1.54, 1.807) is 0 Å². The summed E-state index contributed by atoms with van der Waals surface area (Å²) in [6.07, 6.45) is 48.4. The molecule has 0 heterocycles. The molecule has 1 unspecified atom stereocenters. The number of ether oxygens (including phenoxy) is 2. The first-order valence-corrected chi connectivity index (χ1v) is 23.0. The summed E-state index contributed by atoms with van der Waals surface area (Å²) in [4.78, 5) is 35.0. The van der Waals surface area contributed by atoms with Gasteiger partial charge >= 0.3 is 19.8 Å². The summed E-state index contributed by atoms with van der Waals surface area (Å²) >= 11 is 0. The van der Waals surface area contributed by atoms with Gasteiger partial charge in [0.15, 0.2) is 6.10 Å². The third-order valence-electron chi connectivity index (χ3n) is 8.52. The molecule has 0 saturated heterocycles. The van der Waals surface area contributed by atoms with Crippen molar-refractivity contribution in [2.45, 2.75) is 167 Å². The SMILES string of the molecule is CCCCC/C=C\C/C=C\C/C=C\C/C=C\CCCC(=O)O[C@H](COC(=O)CCCCCC/C=C\C/C=C\C/C=C\CCCCC)COP(=O)(O)OC[C@@H](O)CO. The molecule has 11 heteroatoms. The van der Waals surface area contributed by atoms with Gasteiger partial charge in [0.2, 0.25) is 0 Å². The molecule has 326 valence electrons. The molecule has 0 fully saturated rings. The maximum absolute atomic E-state index is 12.6. The molecule has 0 rings (SSSR count). The van der Waals surface area contributed by atoms with Crippen molar-refractivity contribution < 1.29 is 47.8 Å². The van der Waals surface area contributed by atoms with E-state index in [0.717, 1.165) is 64.2 Å². The van der Waals surface area contributed by atoms with Crippen molar-refractivity contribution >= 4 is 19.8 Å². The summed E-state index contributed by atoms with van der Waals surface area (Å²) in [5.41, 5.74) is 0. The van der Waals surface area contributed by atoms with Crippen LogP contribution in [0.15, 0.2) is 85.1 Å². The minimum atomic E-state index is -4.64. The molecule has 0 aromatic carbocycles. The average Bonchev–Trinajstić information content (AvgIpc) is 3.20. The first-order valence-electron chi connectivity index (χ1n) is 21.5. The topological polar surface area (TPSA) is 149 Å². The zero-order valence-electron chi connectivity index (χ0n) is 35.3. The molecule has 0 aliphatic heterocycles. The van der Waals surface area contributed by atoms with Gasteiger partial charge in [-0.15, -0.1) is 0 Å². The zero-order valence-corrected chi connectivity index (χ0v) is 36.2. The number of allylic oxidation sites excluding steroid dienone is 14. The Morgan fingerprint density at radius 2 is 0.930 bits per heavy atom. The van der Waals surface area contributed by atoms with Gasteiger partial charge in [-0.05, 0) is 89.9 Å². The van der Waals surface area contributed by atoms with Crippen LogP contribution in [0, 0.1) is 0 Å². The second-order valence-corrected chi connectivity index (χ2v) is 15.5. The van der Waals surface area contributed by atoms with E-state index in [9.17, 15) is 24.2 Å². The summed E-state index contributed by atoms with van der Waals surface area (Å²) < 4.78 is 32.6. The van der Waals surface area contributed by atoms with Gasteiger partial charge < -0.3 is 24.6 Å². The lowest BCUT2D eigenvalue weighted by molar-refractivity contribution is -0.161. The molecule has 0 aliphatic carbocycles. The number of carbonyl (C=O) groups is 2. The molecular formula is C46H77O10P. The van der Waals surface area contributed by atoms with Gasteiger partial charge in [-0.3, -0.25) is 18.6 Å². The van der Waals surface area contributed by atoms with Crippen molar-refractivity contribution in [3.05, 3.63) is 85.1 Å². The highest BCUT2D eigenvalue weighted by Gasteiger charge is 2.27. The number of unbranched alkanes of at least 4 members (excludes halogenated alkanes) is 11. The van der Waals surface area contributed by atoms with E-state index >= 15 is 0 Å². The Kier molecular flexibility index (Phi) is 39.2. The Balaban J connectivity index is 4.46. The van der Waals surface area contributed by atoms with Crippen molar-refractivity contribution in [1.29, 1.82) is 0 Å². The largest absolute Gasteiger partial charge is 0.472 e. The molecule has 0 radical (unpaired) electrons. The number of hydrogen-bond acceptors (Lipinski definition) is 9. The minimum Gasteiger partial charge on any atom is -0.462 e. The van der Waals surface area contributed by atoms with E-state index in [-0.39, 0.29) is 19.4 Å². The Hall–Kier alpha value is -2.85. The summed E-state index contributed by atoms with van der Waals surface area (Å²) in [5.74, 6) is -1.02. The first kappa shape index (κ1) is 54.2. The van der Waals surface area contributed by atoms with Crippen LogP contribution in [0.1, 0.15) is 155 Å². The number of hydrogen-bond donors (Lipinski definition) is 3. The van der Waals surface area contributed by atoms with Crippen molar-refractivity contribution in [2.75, 3.05) is 26.4 Å². The van der Waals surface area contributed by atoms with E-state index in [1.807, 2.05) is 12.2 Å². The van der Waals surface area contributed by atoms with Crippen molar-refractivity contribution in [3.8, 4) is 0 Å². The van der Waals surface area contributed by atoms with Gasteiger partial charge in [0, 0.05) is 12.8 Å². The van der Waals surface area contributed by atoms with Crippen LogP contribution in [0.3, 0.4) is 0 Å². The van der Waals surface area contributed by atoms with E-state index in [0.29, 0.717) is 19.3 Å². The molecule has 10 nitrogen and oxygen atoms in total. The fraction of sp³-hybridized carbons (Fsp3) is 0.652. The highest BCUT2D eigenvalue weighted by Crippen LogP contribution is 2.43. The molecule has 0 saturated carbocycles. The number of esters is 2. The number of rotatable bonds is 39. The smallest absolute Gasteiger partial charge is 0.462 e. The van der Waals surface area contributed by atoms with Crippen LogP contribution in [0.4, 0.5) is 0 Å². The second kappa shape index (κ2) is 41.3. The number of aliphatic hydroxyl groups is 2. The molecule has 3 N–H and O–H groups in total. The third-order valence-corrected chi connectivity index (χ3v) is 9.47. The minimum absolute atomic E-state index is 0.0984. The molecule has 3 atom stereocenters. The monoisotopic (exact) mass is 821 g/mol. The lowest BCUT2D eigenvalue weighted by Gasteiger charge is -2.20. The third kappa shape index (κ3) is 41.1. The Labute approximate surface area is 345 Å². The Bertz CT molecular complexity index is 1220. The highest BCUT2D eigenvalue weighted by molar-refractivity contribution is 7.47. The van der Waals surface area contributed by atoms with Gasteiger partial charge in [0.25, 0.3) is 0 Å². The van der Waals surface area contributed by atoms with Crippen LogP contribution >= 0.6 is 7.82 Å². The van der Waals surface area contributed by atoms with Gasteiger partial charge in [-0.25, -0.2) is 4.57 Å². The standard InChI is InChI=1S/C46H77O10P/c1-3-5-7-9-11-13-15-17-19-21-23-25-27-29-31-33-35-37-45(49)53-41-44(42-55-57(51,52)54-40-43(48)39-47)56-46(50)38-36-34-32-30-28-26-24-22-20-18-16-14-12-10-8-6-4-2/h11-14,17-20,23-26,30,32,43-44,47-48H,3-10,15-16,21-22,27-29,31,33-42H2,1-2H3,(H,51,52)/b13-11-,14-12-,19-17-,20-18-,25-23-,26-24-,32-30-/t43-,44+/m0/s1. The summed E-state index contributed by atoms with van der Waals surface area (Å²) in [7, 11) is -4.64. The van der Waals surface area contributed by atoms with E-state index in [1.165, 1.54) is 44.9 Å². The number of phosphoric ester groups is 1. The van der Waals surface area contributed by atoms with Crippen LogP contribution in [-0.4, -0.2) is 65.7 Å². The molecule has 0 aromatic heterocycles. The van der Waals surface area contributed by atoms with Crippen LogP contribution in [0.25, 0.3) is 0 Å². The predicted octanol–water partition coefficient (Wildman–Crippen LogP) is 11.4. The molecule has 0 amide bonds. The van der Waals surface area contributed by atoms with Gasteiger partial charge in [0.05, 0.1) is 19.8 Å². The van der Waals surface area contributed by atoms with E-state index in [2.05, 4.69) is 91.3 Å². The zero-order chi connectivity index (χ0) is 41.9. The number of phosphoric acid groups is 1. The second-order valence-electron chi connectivity index (χ2n) is 14.0. The van der Waals surface area contributed by atoms with Crippen LogP contribution in [0.2, 0.25) is 0 Å². The molecule has 0 bridgehead atoms. The van der Waals surface area contributed by atoms with Crippen molar-refractivity contribution in [2.24, 2.45) is 0 Å². The van der Waals surface area contributed by atoms with E-state index < -0.39 is 51.8 Å². The van der Waals surface area contributed by atoms with Crippen LogP contribution in [-0.2, 0) is 32.7 Å². The maximum Gasteiger partial charge on any atom is 0.472 e. The Morgan fingerprint density at radius 3 is 1.40 bits per heavy atom. The van der Waals surface area contributed by atoms with Gasteiger partial charge in [-0.2, -0.15) is 0 Å². The van der Waals surface area contributed by atoms with Crippen LogP contribution in [0.5, 0.6) is 0 Å². The van der Waals surface area contributed by atoms with Crippen LogP contribution < -0.4 is 0 Å². The van der Waals surface area contributed by atoms with Gasteiger partial charge in [-0.1, -0.05) is 137 Å². The molecule has 0 aliphatic rings. The molecular weight excluding hydrogens is 743 g/mol. The van der Waals surface area contributed by atoms with Gasteiger partial charge in [0.1, 0.15) is 12.7 Å². The normalized spacial score (nSPS) is 14.7. The van der Waals surface area contributed by atoms with E-state index in [4.69, 9.17) is 19.1 Å². The Morgan fingerprint density at radius 1 is 0.526 bits per heavy atom. The summed E-state index contributed by atoms with van der Waals surface area (Å²) in [6.45, 7) is 2.21. The first-order chi connectivity index (χ1) is 27.7. The number of aliphatic hydroxyl groups excluding tert-OH is 2. The molecule has 0 spiro atoms. The lowest BCUT2D eigenvalue weighted by Crippen LogP contribution is -2.29. The highest BCUT2D eigenvalue weighted by atomic mass is 31.2. The van der Waals surface area contributed by atoms with Crippen molar-refractivity contribution in [1.82, 2.24) is 0 Å². The average molecular weight is 821 g/mol. The fourth-order valence-electron chi connectivity index (χ4n) is 5.17.